The summed E-state index contributed by atoms with van der Waals surface area (Å²) >= 11 is 5.75. The van der Waals surface area contributed by atoms with E-state index in [2.05, 4.69) is 4.98 Å². The lowest BCUT2D eigenvalue weighted by Crippen LogP contribution is -2.45. The molecule has 0 unspecified atom stereocenters. The van der Waals surface area contributed by atoms with Crippen molar-refractivity contribution in [3.05, 3.63) is 29.0 Å². The predicted molar refractivity (Wildman–Crippen MR) is 65.0 cm³/mol. The highest BCUT2D eigenvalue weighted by atomic mass is 35.5. The van der Waals surface area contributed by atoms with Crippen molar-refractivity contribution in [3.63, 3.8) is 0 Å². The van der Waals surface area contributed by atoms with Crippen LogP contribution in [0.5, 0.6) is 0 Å². The first-order valence-corrected chi connectivity index (χ1v) is 5.99. The van der Waals surface area contributed by atoms with Gasteiger partial charge in [-0.15, -0.1) is 0 Å². The van der Waals surface area contributed by atoms with Crippen molar-refractivity contribution in [2.45, 2.75) is 25.4 Å². The van der Waals surface area contributed by atoms with Crippen LogP contribution in [0.4, 0.5) is 0 Å². The smallest absolute Gasteiger partial charge is 0.254 e. The van der Waals surface area contributed by atoms with Crippen LogP contribution in [-0.4, -0.2) is 39.6 Å². The summed E-state index contributed by atoms with van der Waals surface area (Å²) in [7, 11) is 0. The van der Waals surface area contributed by atoms with E-state index in [9.17, 15) is 9.90 Å². The highest BCUT2D eigenvalue weighted by Gasteiger charge is 2.29. The molecule has 1 aromatic heterocycles. The topological polar surface area (TPSA) is 53.4 Å². The van der Waals surface area contributed by atoms with Gasteiger partial charge in [0, 0.05) is 24.8 Å². The van der Waals surface area contributed by atoms with Crippen LogP contribution in [-0.2, 0) is 0 Å². The second-order valence-electron chi connectivity index (χ2n) is 4.66. The molecule has 0 aliphatic carbocycles. The number of likely N-dealkylation sites (tertiary alicyclic amines) is 1. The van der Waals surface area contributed by atoms with E-state index in [1.807, 2.05) is 0 Å². The maximum Gasteiger partial charge on any atom is 0.254 e. The first-order chi connectivity index (χ1) is 7.98. The van der Waals surface area contributed by atoms with Crippen LogP contribution in [0.3, 0.4) is 0 Å². The largest absolute Gasteiger partial charge is 0.390 e. The maximum absolute atomic E-state index is 12.1. The number of hydrogen-bond acceptors (Lipinski definition) is 3. The lowest BCUT2D eigenvalue weighted by atomic mass is 9.93. The molecule has 0 radical (unpaired) electrons. The van der Waals surface area contributed by atoms with Gasteiger partial charge in [0.15, 0.2) is 0 Å². The van der Waals surface area contributed by atoms with Crippen molar-refractivity contribution >= 4 is 17.5 Å². The highest BCUT2D eigenvalue weighted by molar-refractivity contribution is 6.29. The molecule has 1 N–H and O–H groups in total. The number of rotatable bonds is 1. The average molecular weight is 255 g/mol. The van der Waals surface area contributed by atoms with Crippen molar-refractivity contribution in [1.82, 2.24) is 9.88 Å². The molecule has 0 aromatic carbocycles. The Morgan fingerprint density at radius 3 is 2.76 bits per heavy atom. The molecule has 0 atom stereocenters. The van der Waals surface area contributed by atoms with Crippen molar-refractivity contribution in [2.24, 2.45) is 0 Å². The number of aromatic nitrogens is 1. The number of amides is 1. The molecule has 0 saturated carbocycles. The third-order valence-electron chi connectivity index (χ3n) is 3.10. The molecule has 1 aliphatic rings. The number of carbonyl (C=O) groups is 1. The van der Waals surface area contributed by atoms with Gasteiger partial charge in [-0.05, 0) is 31.9 Å². The fourth-order valence-corrected chi connectivity index (χ4v) is 2.08. The average Bonchev–Trinajstić information content (AvgIpc) is 2.28. The fraction of sp³-hybridized carbons (Fsp3) is 0.500. The molecule has 2 rings (SSSR count). The second-order valence-corrected chi connectivity index (χ2v) is 5.04. The Hall–Kier alpha value is -1.13. The lowest BCUT2D eigenvalue weighted by Gasteiger charge is -2.35. The van der Waals surface area contributed by atoms with E-state index in [1.54, 1.807) is 24.0 Å². The summed E-state index contributed by atoms with van der Waals surface area (Å²) in [6.07, 6.45) is 2.74. The third-order valence-corrected chi connectivity index (χ3v) is 3.31. The monoisotopic (exact) mass is 254 g/mol. The Balaban J connectivity index is 2.07. The van der Waals surface area contributed by atoms with Gasteiger partial charge in [0.1, 0.15) is 5.15 Å². The summed E-state index contributed by atoms with van der Waals surface area (Å²) in [5.74, 6) is -0.0511. The molecule has 1 fully saturated rings. The molecule has 1 aliphatic heterocycles. The quantitative estimate of drug-likeness (QED) is 0.777. The van der Waals surface area contributed by atoms with Gasteiger partial charge < -0.3 is 10.0 Å². The van der Waals surface area contributed by atoms with E-state index in [0.717, 1.165) is 0 Å². The molecule has 1 aromatic rings. The van der Waals surface area contributed by atoms with Gasteiger partial charge in [-0.2, -0.15) is 0 Å². The minimum absolute atomic E-state index is 0.0511. The fourth-order valence-electron chi connectivity index (χ4n) is 1.91. The molecule has 1 saturated heterocycles. The summed E-state index contributed by atoms with van der Waals surface area (Å²) in [6, 6.07) is 3.22. The molecular formula is C12H15ClN2O2. The maximum atomic E-state index is 12.1. The zero-order chi connectivity index (χ0) is 12.5. The van der Waals surface area contributed by atoms with E-state index >= 15 is 0 Å². The Morgan fingerprint density at radius 1 is 1.53 bits per heavy atom. The highest BCUT2D eigenvalue weighted by Crippen LogP contribution is 2.22. The Labute approximate surface area is 105 Å². The molecule has 92 valence electrons. The van der Waals surface area contributed by atoms with Gasteiger partial charge in [-0.25, -0.2) is 4.98 Å². The Bertz CT molecular complexity index is 424. The molecule has 17 heavy (non-hydrogen) atoms. The van der Waals surface area contributed by atoms with E-state index < -0.39 is 5.60 Å². The molecular weight excluding hydrogens is 240 g/mol. The van der Waals surface area contributed by atoms with Crippen LogP contribution in [0, 0.1) is 0 Å². The van der Waals surface area contributed by atoms with E-state index in [1.165, 1.54) is 6.20 Å². The molecule has 5 heteroatoms. The van der Waals surface area contributed by atoms with Crippen molar-refractivity contribution in [2.75, 3.05) is 13.1 Å². The summed E-state index contributed by atoms with van der Waals surface area (Å²) in [5.41, 5.74) is -0.0984. The van der Waals surface area contributed by atoms with Crippen molar-refractivity contribution < 1.29 is 9.90 Å². The zero-order valence-electron chi connectivity index (χ0n) is 9.69. The predicted octanol–water partition coefficient (Wildman–Crippen LogP) is 1.72. The molecule has 0 spiro atoms. The van der Waals surface area contributed by atoms with Crippen LogP contribution in [0.2, 0.25) is 5.15 Å². The number of halogens is 1. The lowest BCUT2D eigenvalue weighted by molar-refractivity contribution is -0.00202. The van der Waals surface area contributed by atoms with Crippen LogP contribution >= 0.6 is 11.6 Å². The minimum atomic E-state index is -0.646. The minimum Gasteiger partial charge on any atom is -0.390 e. The molecule has 0 bridgehead atoms. The van der Waals surface area contributed by atoms with Crippen LogP contribution in [0.1, 0.15) is 30.1 Å². The van der Waals surface area contributed by atoms with E-state index in [4.69, 9.17) is 11.6 Å². The van der Waals surface area contributed by atoms with Gasteiger partial charge in [0.05, 0.1) is 5.60 Å². The standard InChI is InChI=1S/C12H15ClN2O2/c1-12(17)3-6-15(7-4-12)11(16)9-2-5-14-10(13)8-9/h2,5,8,17H,3-4,6-7H2,1H3. The molecule has 1 amide bonds. The van der Waals surface area contributed by atoms with E-state index in [0.29, 0.717) is 36.6 Å². The van der Waals surface area contributed by atoms with Crippen LogP contribution < -0.4 is 0 Å². The van der Waals surface area contributed by atoms with Crippen LogP contribution in [0.15, 0.2) is 18.3 Å². The number of carbonyl (C=O) groups excluding carboxylic acids is 1. The number of aliphatic hydroxyl groups is 1. The van der Waals surface area contributed by atoms with Crippen molar-refractivity contribution in [3.8, 4) is 0 Å². The van der Waals surface area contributed by atoms with Gasteiger partial charge in [-0.1, -0.05) is 11.6 Å². The third kappa shape index (κ3) is 2.96. The Morgan fingerprint density at radius 2 is 2.18 bits per heavy atom. The zero-order valence-corrected chi connectivity index (χ0v) is 10.4. The number of pyridine rings is 1. The van der Waals surface area contributed by atoms with Gasteiger partial charge >= 0.3 is 0 Å². The molecule has 2 heterocycles. The van der Waals surface area contributed by atoms with Gasteiger partial charge in [0.25, 0.3) is 5.91 Å². The van der Waals surface area contributed by atoms with E-state index in [-0.39, 0.29) is 5.91 Å². The van der Waals surface area contributed by atoms with Gasteiger partial charge in [0.2, 0.25) is 0 Å². The van der Waals surface area contributed by atoms with Gasteiger partial charge in [-0.3, -0.25) is 4.79 Å². The Kier molecular flexibility index (Phi) is 3.35. The van der Waals surface area contributed by atoms with Crippen LogP contribution in [0.25, 0.3) is 0 Å². The first-order valence-electron chi connectivity index (χ1n) is 5.61. The SMILES string of the molecule is CC1(O)CCN(C(=O)c2ccnc(Cl)c2)CC1. The normalized spacial score (nSPS) is 19.1. The summed E-state index contributed by atoms with van der Waals surface area (Å²) in [4.78, 5) is 17.7. The van der Waals surface area contributed by atoms with Crippen molar-refractivity contribution in [1.29, 1.82) is 0 Å². The summed E-state index contributed by atoms with van der Waals surface area (Å²) in [5, 5.41) is 10.1. The number of piperidine rings is 1. The number of hydrogen-bond donors (Lipinski definition) is 1. The summed E-state index contributed by atoms with van der Waals surface area (Å²) < 4.78 is 0. The number of nitrogens with zero attached hydrogens (tertiary/aromatic N) is 2. The summed E-state index contributed by atoms with van der Waals surface area (Å²) in [6.45, 7) is 2.95. The first kappa shape index (κ1) is 12.3. The molecule has 4 nitrogen and oxygen atoms in total. The second kappa shape index (κ2) is 4.63.